The molecule has 6 heteroatoms. The third-order valence-corrected chi connectivity index (χ3v) is 4.60. The number of piperazine rings is 1. The van der Waals surface area contributed by atoms with Crippen LogP contribution in [0.1, 0.15) is 31.3 Å². The summed E-state index contributed by atoms with van der Waals surface area (Å²) in [7, 11) is 0. The van der Waals surface area contributed by atoms with Crippen LogP contribution in [-0.4, -0.2) is 59.5 Å². The number of hydrogen-bond donors (Lipinski definition) is 1. The van der Waals surface area contributed by atoms with Gasteiger partial charge in [0, 0.05) is 31.9 Å². The van der Waals surface area contributed by atoms with E-state index in [9.17, 15) is 4.79 Å². The zero-order valence-corrected chi connectivity index (χ0v) is 16.3. The number of likely N-dealkylation sites (N-methyl/N-ethyl adjacent to an activating group) is 1. The lowest BCUT2D eigenvalue weighted by Gasteiger charge is -2.33. The molecule has 0 bridgehead atoms. The monoisotopic (exact) mass is 368 g/mol. The molecule has 1 fully saturated rings. The lowest BCUT2D eigenvalue weighted by atomic mass is 10.2. The van der Waals surface area contributed by atoms with Crippen LogP contribution in [0.4, 0.5) is 11.4 Å². The van der Waals surface area contributed by atoms with E-state index in [1.54, 1.807) is 12.3 Å². The number of amides is 1. The zero-order chi connectivity index (χ0) is 19.2. The van der Waals surface area contributed by atoms with Crippen LogP contribution in [0.3, 0.4) is 0 Å². The van der Waals surface area contributed by atoms with Crippen molar-refractivity contribution in [2.24, 2.45) is 0 Å². The van der Waals surface area contributed by atoms with Crippen molar-refractivity contribution >= 4 is 17.3 Å². The lowest BCUT2D eigenvalue weighted by Crippen LogP contribution is -2.48. The maximum absolute atomic E-state index is 12.6. The van der Waals surface area contributed by atoms with Gasteiger partial charge in [0.15, 0.2) is 0 Å². The molecule has 3 rings (SSSR count). The van der Waals surface area contributed by atoms with Crippen LogP contribution in [0.2, 0.25) is 0 Å². The van der Waals surface area contributed by atoms with Crippen LogP contribution in [0.5, 0.6) is 5.75 Å². The molecule has 1 amide bonds. The van der Waals surface area contributed by atoms with E-state index in [4.69, 9.17) is 4.74 Å². The zero-order valence-electron chi connectivity index (χ0n) is 16.3. The second kappa shape index (κ2) is 8.86. The van der Waals surface area contributed by atoms with Gasteiger partial charge in [-0.2, -0.15) is 0 Å². The molecule has 0 aliphatic carbocycles. The molecule has 0 atom stereocenters. The number of anilines is 2. The minimum absolute atomic E-state index is 0.00694. The second-order valence-electron chi connectivity index (χ2n) is 6.97. The van der Waals surface area contributed by atoms with Crippen molar-refractivity contribution in [2.75, 3.05) is 38.0 Å². The van der Waals surface area contributed by atoms with Gasteiger partial charge in [-0.05, 0) is 56.8 Å². The molecule has 1 aromatic heterocycles. The fourth-order valence-corrected chi connectivity index (χ4v) is 3.08. The largest absolute Gasteiger partial charge is 0.491 e. The van der Waals surface area contributed by atoms with Crippen molar-refractivity contribution in [3.8, 4) is 5.75 Å². The van der Waals surface area contributed by atoms with Crippen molar-refractivity contribution in [1.29, 1.82) is 0 Å². The number of ether oxygens (including phenoxy) is 1. The van der Waals surface area contributed by atoms with E-state index in [0.717, 1.165) is 49.8 Å². The second-order valence-corrected chi connectivity index (χ2v) is 6.97. The average Bonchev–Trinajstić information content (AvgIpc) is 2.69. The molecule has 1 aliphatic heterocycles. The first-order chi connectivity index (χ1) is 13.0. The number of nitrogens with zero attached hydrogens (tertiary/aromatic N) is 3. The van der Waals surface area contributed by atoms with Gasteiger partial charge in [-0.1, -0.05) is 6.92 Å². The summed E-state index contributed by atoms with van der Waals surface area (Å²) in [5.74, 6) is 0.852. The number of benzene rings is 1. The summed E-state index contributed by atoms with van der Waals surface area (Å²) in [4.78, 5) is 21.2. The smallest absolute Gasteiger partial charge is 0.272 e. The summed E-state index contributed by atoms with van der Waals surface area (Å²) in [5, 5.41) is 3.29. The molecular formula is C21H28N4O2. The molecule has 2 heterocycles. The third kappa shape index (κ3) is 5.20. The summed E-state index contributed by atoms with van der Waals surface area (Å²) < 4.78 is 5.65. The molecule has 0 radical (unpaired) electrons. The van der Waals surface area contributed by atoms with Crippen LogP contribution >= 0.6 is 0 Å². The Hall–Kier alpha value is -2.60. The van der Waals surface area contributed by atoms with Gasteiger partial charge in [0.1, 0.15) is 11.4 Å². The normalized spacial score (nSPS) is 15.0. The molecule has 1 saturated heterocycles. The summed E-state index contributed by atoms with van der Waals surface area (Å²) in [6.45, 7) is 10.6. The highest BCUT2D eigenvalue weighted by molar-refractivity contribution is 5.92. The van der Waals surface area contributed by atoms with Crippen LogP contribution < -0.4 is 10.1 Å². The predicted octanol–water partition coefficient (Wildman–Crippen LogP) is 3.39. The van der Waals surface area contributed by atoms with Gasteiger partial charge >= 0.3 is 0 Å². The van der Waals surface area contributed by atoms with E-state index in [0.29, 0.717) is 5.69 Å². The van der Waals surface area contributed by atoms with Crippen molar-refractivity contribution < 1.29 is 9.53 Å². The van der Waals surface area contributed by atoms with Gasteiger partial charge < -0.3 is 19.9 Å². The first-order valence-corrected chi connectivity index (χ1v) is 9.56. The van der Waals surface area contributed by atoms with Crippen molar-refractivity contribution in [2.45, 2.75) is 26.9 Å². The molecule has 144 valence electrons. The number of pyridine rings is 1. The topological polar surface area (TPSA) is 57.7 Å². The molecule has 1 aromatic carbocycles. The van der Waals surface area contributed by atoms with Crippen molar-refractivity contribution in [3.05, 3.63) is 48.3 Å². The minimum Gasteiger partial charge on any atom is -0.491 e. The predicted molar refractivity (Wildman–Crippen MR) is 108 cm³/mol. The van der Waals surface area contributed by atoms with Crippen molar-refractivity contribution in [1.82, 2.24) is 14.8 Å². The Balaban J connectivity index is 1.57. The SMILES string of the molecule is CCN1CCN(C(=O)c2ccc(Nc3ccc(OC(C)C)cc3)cn2)CC1. The average molecular weight is 368 g/mol. The molecule has 0 saturated carbocycles. The maximum Gasteiger partial charge on any atom is 0.272 e. The Bertz CT molecular complexity index is 736. The van der Waals surface area contributed by atoms with E-state index in [1.807, 2.05) is 49.1 Å². The quantitative estimate of drug-likeness (QED) is 0.847. The van der Waals surface area contributed by atoms with E-state index in [2.05, 4.69) is 22.1 Å². The highest BCUT2D eigenvalue weighted by Gasteiger charge is 2.22. The number of carbonyl (C=O) groups excluding carboxylic acids is 1. The molecule has 6 nitrogen and oxygen atoms in total. The number of rotatable bonds is 6. The van der Waals surface area contributed by atoms with E-state index < -0.39 is 0 Å². The summed E-state index contributed by atoms with van der Waals surface area (Å²) in [5.41, 5.74) is 2.29. The van der Waals surface area contributed by atoms with Crippen molar-refractivity contribution in [3.63, 3.8) is 0 Å². The molecule has 1 N–H and O–H groups in total. The standard InChI is InChI=1S/C21H28N4O2/c1-4-24-11-13-25(14-12-24)21(26)20-10-7-18(15-22-20)23-17-5-8-19(9-6-17)27-16(2)3/h5-10,15-16,23H,4,11-14H2,1-3H3. The Labute approximate surface area is 161 Å². The summed E-state index contributed by atoms with van der Waals surface area (Å²) in [6, 6.07) is 11.5. The molecule has 27 heavy (non-hydrogen) atoms. The fourth-order valence-electron chi connectivity index (χ4n) is 3.08. The molecular weight excluding hydrogens is 340 g/mol. The Kier molecular flexibility index (Phi) is 6.29. The van der Waals surface area contributed by atoms with E-state index in [1.165, 1.54) is 0 Å². The first-order valence-electron chi connectivity index (χ1n) is 9.56. The number of nitrogens with one attached hydrogen (secondary N) is 1. The van der Waals surface area contributed by atoms with Crippen LogP contribution in [0, 0.1) is 0 Å². The maximum atomic E-state index is 12.6. The summed E-state index contributed by atoms with van der Waals surface area (Å²) >= 11 is 0. The lowest BCUT2D eigenvalue weighted by molar-refractivity contribution is 0.0637. The minimum atomic E-state index is 0.00694. The molecule has 1 aliphatic rings. The summed E-state index contributed by atoms with van der Waals surface area (Å²) in [6.07, 6.45) is 1.86. The highest BCUT2D eigenvalue weighted by atomic mass is 16.5. The van der Waals surface area contributed by atoms with Gasteiger partial charge in [0.2, 0.25) is 0 Å². The first kappa shape index (κ1) is 19.2. The van der Waals surface area contributed by atoms with Crippen LogP contribution in [0.25, 0.3) is 0 Å². The van der Waals surface area contributed by atoms with Gasteiger partial charge in [-0.15, -0.1) is 0 Å². The fraction of sp³-hybridized carbons (Fsp3) is 0.429. The Morgan fingerprint density at radius 3 is 2.30 bits per heavy atom. The van der Waals surface area contributed by atoms with Gasteiger partial charge in [0.05, 0.1) is 18.0 Å². The van der Waals surface area contributed by atoms with E-state index in [-0.39, 0.29) is 12.0 Å². The number of carbonyl (C=O) groups is 1. The molecule has 0 unspecified atom stereocenters. The number of hydrogen-bond acceptors (Lipinski definition) is 5. The molecule has 0 spiro atoms. The van der Waals surface area contributed by atoms with Gasteiger partial charge in [0.25, 0.3) is 5.91 Å². The Morgan fingerprint density at radius 1 is 1.07 bits per heavy atom. The van der Waals surface area contributed by atoms with E-state index >= 15 is 0 Å². The number of aromatic nitrogens is 1. The van der Waals surface area contributed by atoms with Gasteiger partial charge in [-0.3, -0.25) is 4.79 Å². The van der Waals surface area contributed by atoms with Gasteiger partial charge in [-0.25, -0.2) is 4.98 Å². The van der Waals surface area contributed by atoms with Crippen LogP contribution in [0.15, 0.2) is 42.6 Å². The van der Waals surface area contributed by atoms with Crippen LogP contribution in [-0.2, 0) is 0 Å². The third-order valence-electron chi connectivity index (χ3n) is 4.60. The highest BCUT2D eigenvalue weighted by Crippen LogP contribution is 2.20. The molecule has 2 aromatic rings. The Morgan fingerprint density at radius 2 is 1.74 bits per heavy atom.